The topological polar surface area (TPSA) is 7.94 Å². The van der Waals surface area contributed by atoms with E-state index in [0.717, 1.165) is 73.1 Å². The fourth-order valence-corrected chi connectivity index (χ4v) is 3.90. The molecule has 1 aromatic heterocycles. The highest BCUT2D eigenvalue weighted by Gasteiger charge is 2.32. The lowest BCUT2D eigenvalue weighted by atomic mass is 10.1. The Morgan fingerprint density at radius 3 is 2.23 bits per heavy atom. The van der Waals surface area contributed by atoms with E-state index in [1.165, 1.54) is 0 Å². The third kappa shape index (κ3) is 5.17. The Kier molecular flexibility index (Phi) is 7.19. The molecule has 0 radical (unpaired) electrons. The third-order valence-electron chi connectivity index (χ3n) is 5.54. The van der Waals surface area contributed by atoms with Gasteiger partial charge < -0.3 is 4.57 Å². The molecule has 0 saturated carbocycles. The van der Waals surface area contributed by atoms with E-state index in [-0.39, 0.29) is 5.69 Å². The Labute approximate surface area is 180 Å². The van der Waals surface area contributed by atoms with Crippen molar-refractivity contribution >= 4 is 17.1 Å². The lowest BCUT2D eigenvalue weighted by Gasteiger charge is -2.13. The molecule has 0 aliphatic rings. The number of hydrogen-bond acceptors (Lipinski definition) is 0. The first-order valence-corrected chi connectivity index (χ1v) is 10.8. The summed E-state index contributed by atoms with van der Waals surface area (Å²) in [5, 5.41) is 0.941. The van der Waals surface area contributed by atoms with Gasteiger partial charge in [0.2, 0.25) is 0 Å². The minimum atomic E-state index is -4.61. The Morgan fingerprint density at radius 2 is 1.61 bits per heavy atom. The Bertz CT molecular complexity index is 1070. The van der Waals surface area contributed by atoms with Crippen LogP contribution in [0.5, 0.6) is 0 Å². The van der Waals surface area contributed by atoms with E-state index < -0.39 is 17.6 Å². The SMILES string of the molecule is CCCC[N+](=Cc1c(C)n(-c2cc(F)cc(C(F)(F)F)c2)c2ccccc12)CCCC. The number of para-hydroxylation sites is 1. The predicted molar refractivity (Wildman–Crippen MR) is 118 cm³/mol. The number of nitrogens with zero attached hydrogens (tertiary/aromatic N) is 2. The van der Waals surface area contributed by atoms with Gasteiger partial charge in [-0.25, -0.2) is 8.97 Å². The zero-order chi connectivity index (χ0) is 22.6. The molecule has 0 unspecified atom stereocenters. The van der Waals surface area contributed by atoms with Gasteiger partial charge in [0.1, 0.15) is 18.9 Å². The fraction of sp³-hybridized carbons (Fsp3) is 0.400. The maximum atomic E-state index is 14.1. The van der Waals surface area contributed by atoms with E-state index in [1.807, 2.05) is 31.2 Å². The molecule has 0 fully saturated rings. The summed E-state index contributed by atoms with van der Waals surface area (Å²) < 4.78 is 58.1. The van der Waals surface area contributed by atoms with Crippen molar-refractivity contribution in [1.82, 2.24) is 4.57 Å². The summed E-state index contributed by atoms with van der Waals surface area (Å²) in [4.78, 5) is 0. The van der Waals surface area contributed by atoms with Crippen molar-refractivity contribution < 1.29 is 22.1 Å². The molecule has 0 saturated heterocycles. The normalized spacial score (nSPS) is 11.8. The minimum absolute atomic E-state index is 0.175. The van der Waals surface area contributed by atoms with Gasteiger partial charge >= 0.3 is 6.18 Å². The smallest absolute Gasteiger partial charge is 0.313 e. The zero-order valence-corrected chi connectivity index (χ0v) is 18.3. The highest BCUT2D eigenvalue weighted by atomic mass is 19.4. The van der Waals surface area contributed by atoms with Crippen LogP contribution in [0.15, 0.2) is 42.5 Å². The van der Waals surface area contributed by atoms with E-state index in [1.54, 1.807) is 4.57 Å². The number of unbranched alkanes of at least 4 members (excludes halogenated alkanes) is 2. The summed E-state index contributed by atoms with van der Waals surface area (Å²) in [6, 6.07) is 10.3. The number of rotatable bonds is 8. The fourth-order valence-electron chi connectivity index (χ4n) is 3.90. The molecule has 6 heteroatoms. The van der Waals surface area contributed by atoms with E-state index in [9.17, 15) is 17.6 Å². The highest BCUT2D eigenvalue weighted by molar-refractivity contribution is 6.00. The van der Waals surface area contributed by atoms with Gasteiger partial charge in [0, 0.05) is 29.6 Å². The number of aromatic nitrogens is 1. The van der Waals surface area contributed by atoms with Crippen LogP contribution in [-0.4, -0.2) is 28.4 Å². The van der Waals surface area contributed by atoms with Crippen molar-refractivity contribution in [3.05, 3.63) is 65.1 Å². The summed E-state index contributed by atoms with van der Waals surface area (Å²) in [6.45, 7) is 8.03. The standard InChI is InChI=1S/C25H29F4N2/c1-4-6-12-30(13-7-5-2)17-23-18(3)31(24-11-9-8-10-22(23)24)21-15-19(25(27,28)29)14-20(26)16-21/h8-11,14-17H,4-7,12-13H2,1-3H3/q+1. The Morgan fingerprint density at radius 1 is 0.968 bits per heavy atom. The van der Waals surface area contributed by atoms with Crippen LogP contribution < -0.4 is 0 Å². The highest BCUT2D eigenvalue weighted by Crippen LogP contribution is 2.34. The number of benzene rings is 2. The summed E-state index contributed by atoms with van der Waals surface area (Å²) >= 11 is 0. The third-order valence-corrected chi connectivity index (χ3v) is 5.54. The second-order valence-corrected chi connectivity index (χ2v) is 7.92. The summed E-state index contributed by atoms with van der Waals surface area (Å²) in [5.41, 5.74) is 1.70. The number of fused-ring (bicyclic) bond motifs is 1. The van der Waals surface area contributed by atoms with Crippen LogP contribution in [-0.2, 0) is 6.18 Å². The first-order valence-electron chi connectivity index (χ1n) is 10.8. The number of halogens is 4. The molecule has 0 atom stereocenters. The second kappa shape index (κ2) is 9.67. The molecule has 2 nitrogen and oxygen atoms in total. The zero-order valence-electron chi connectivity index (χ0n) is 18.3. The molecule has 3 aromatic rings. The Hall–Kier alpha value is -2.63. The predicted octanol–water partition coefficient (Wildman–Crippen LogP) is 7.13. The monoisotopic (exact) mass is 433 g/mol. The second-order valence-electron chi connectivity index (χ2n) is 7.92. The van der Waals surface area contributed by atoms with Crippen molar-refractivity contribution in [1.29, 1.82) is 0 Å². The molecule has 0 aliphatic heterocycles. The molecule has 0 aliphatic carbocycles. The van der Waals surface area contributed by atoms with Crippen molar-refractivity contribution in [2.45, 2.75) is 52.6 Å². The van der Waals surface area contributed by atoms with Gasteiger partial charge in [-0.3, -0.25) is 0 Å². The van der Waals surface area contributed by atoms with Crippen LogP contribution in [0, 0.1) is 12.7 Å². The molecule has 0 amide bonds. The average molecular weight is 434 g/mol. The van der Waals surface area contributed by atoms with Crippen molar-refractivity contribution in [2.24, 2.45) is 0 Å². The molecule has 31 heavy (non-hydrogen) atoms. The van der Waals surface area contributed by atoms with Crippen molar-refractivity contribution in [3.8, 4) is 5.69 Å². The summed E-state index contributed by atoms with van der Waals surface area (Å²) in [5.74, 6) is -0.903. The lowest BCUT2D eigenvalue weighted by molar-refractivity contribution is -0.524. The molecule has 0 bridgehead atoms. The average Bonchev–Trinajstić information content (AvgIpc) is 3.00. The van der Waals surface area contributed by atoms with Gasteiger partial charge in [-0.15, -0.1) is 0 Å². The van der Waals surface area contributed by atoms with Gasteiger partial charge in [0.15, 0.2) is 6.21 Å². The van der Waals surface area contributed by atoms with Gasteiger partial charge in [-0.2, -0.15) is 13.2 Å². The van der Waals surface area contributed by atoms with E-state index in [2.05, 4.69) is 24.6 Å². The van der Waals surface area contributed by atoms with Crippen molar-refractivity contribution in [2.75, 3.05) is 13.1 Å². The molecule has 166 valence electrons. The molecular weight excluding hydrogens is 404 g/mol. The van der Waals surface area contributed by atoms with Crippen LogP contribution >= 0.6 is 0 Å². The van der Waals surface area contributed by atoms with Gasteiger partial charge in [-0.1, -0.05) is 44.9 Å². The van der Waals surface area contributed by atoms with Crippen molar-refractivity contribution in [3.63, 3.8) is 0 Å². The van der Waals surface area contributed by atoms with Crippen LogP contribution in [0.1, 0.15) is 56.4 Å². The van der Waals surface area contributed by atoms with Gasteiger partial charge in [0.25, 0.3) is 0 Å². The molecular formula is C25H29F4N2+. The van der Waals surface area contributed by atoms with Crippen LogP contribution in [0.25, 0.3) is 16.6 Å². The van der Waals surface area contributed by atoms with Gasteiger partial charge in [-0.05, 0) is 31.2 Å². The maximum absolute atomic E-state index is 14.1. The molecule has 2 aromatic carbocycles. The first-order chi connectivity index (χ1) is 14.8. The molecule has 3 rings (SSSR count). The summed E-state index contributed by atoms with van der Waals surface area (Å²) in [7, 11) is 0. The molecule has 0 spiro atoms. The van der Waals surface area contributed by atoms with Crippen LogP contribution in [0.3, 0.4) is 0 Å². The molecule has 0 N–H and O–H groups in total. The van der Waals surface area contributed by atoms with E-state index in [4.69, 9.17) is 0 Å². The largest absolute Gasteiger partial charge is 0.416 e. The number of alkyl halides is 3. The van der Waals surface area contributed by atoms with Gasteiger partial charge in [0.05, 0.1) is 16.6 Å². The minimum Gasteiger partial charge on any atom is -0.313 e. The maximum Gasteiger partial charge on any atom is 0.416 e. The Balaban J connectivity index is 2.21. The number of hydrogen-bond donors (Lipinski definition) is 0. The quantitative estimate of drug-likeness (QED) is 0.203. The summed E-state index contributed by atoms with van der Waals surface area (Å²) in [6.07, 6.45) is 1.80. The van der Waals surface area contributed by atoms with E-state index >= 15 is 0 Å². The van der Waals surface area contributed by atoms with E-state index in [0.29, 0.717) is 6.07 Å². The molecule has 1 heterocycles. The lowest BCUT2D eigenvalue weighted by Crippen LogP contribution is -2.17. The first kappa shape index (κ1) is 23.0. The van der Waals surface area contributed by atoms with Crippen LogP contribution in [0.2, 0.25) is 0 Å². The van der Waals surface area contributed by atoms with Crippen LogP contribution in [0.4, 0.5) is 17.6 Å².